The summed E-state index contributed by atoms with van der Waals surface area (Å²) in [7, 11) is 2.02. The van der Waals surface area contributed by atoms with Gasteiger partial charge in [-0.05, 0) is 95.9 Å². The van der Waals surface area contributed by atoms with Gasteiger partial charge in [0.1, 0.15) is 5.60 Å². The van der Waals surface area contributed by atoms with Crippen LogP contribution in [0.15, 0.2) is 66.9 Å². The second-order valence-electron chi connectivity index (χ2n) is 12.9. The number of nitrogens with one attached hydrogen (secondary N) is 3. The lowest BCUT2D eigenvalue weighted by Gasteiger charge is -2.43. The van der Waals surface area contributed by atoms with Crippen molar-refractivity contribution in [1.29, 1.82) is 0 Å². The number of hydrogen-bond acceptors (Lipinski definition) is 5. The molecule has 42 heavy (non-hydrogen) atoms. The summed E-state index contributed by atoms with van der Waals surface area (Å²) in [5.74, 6) is 0.474. The molecule has 2 aliphatic rings. The summed E-state index contributed by atoms with van der Waals surface area (Å²) in [5.41, 5.74) is 4.64. The van der Waals surface area contributed by atoms with Gasteiger partial charge in [-0.2, -0.15) is 0 Å². The number of rotatable bonds is 8. The third-order valence-corrected chi connectivity index (χ3v) is 8.64. The van der Waals surface area contributed by atoms with Crippen LogP contribution in [0, 0.1) is 5.92 Å². The highest BCUT2D eigenvalue weighted by atomic mass is 16.6. The van der Waals surface area contributed by atoms with Gasteiger partial charge in [-0.25, -0.2) is 4.79 Å². The molecule has 1 aromatic heterocycles. The second-order valence-corrected chi connectivity index (χ2v) is 12.9. The molecule has 3 aromatic rings. The van der Waals surface area contributed by atoms with E-state index in [9.17, 15) is 9.59 Å². The third kappa shape index (κ3) is 7.19. The summed E-state index contributed by atoms with van der Waals surface area (Å²) in [6.07, 6.45) is 9.13. The Hall–Kier alpha value is -3.71. The number of carbonyl (C=O) groups excluding carboxylic acids is 2. The second kappa shape index (κ2) is 12.7. The molecule has 0 aliphatic heterocycles. The first-order valence-corrected chi connectivity index (χ1v) is 15.3. The number of alkyl carbamates (subject to hydrolysis) is 1. The molecule has 222 valence electrons. The molecule has 7 nitrogen and oxygen atoms in total. The fourth-order valence-corrected chi connectivity index (χ4v) is 6.19. The molecule has 0 saturated heterocycles. The zero-order chi connectivity index (χ0) is 29.7. The van der Waals surface area contributed by atoms with Crippen LogP contribution in [0.25, 0.3) is 22.4 Å². The maximum absolute atomic E-state index is 13.0. The van der Waals surface area contributed by atoms with Crippen LogP contribution in [0.1, 0.15) is 77.7 Å². The van der Waals surface area contributed by atoms with Crippen LogP contribution in [0.2, 0.25) is 0 Å². The molecule has 2 aliphatic carbocycles. The van der Waals surface area contributed by atoms with Crippen LogP contribution in [-0.2, 0) is 15.1 Å². The molecule has 0 bridgehead atoms. The number of benzene rings is 2. The van der Waals surface area contributed by atoms with Gasteiger partial charge in [0, 0.05) is 23.6 Å². The number of ether oxygens (including phenoxy) is 1. The highest BCUT2D eigenvalue weighted by molar-refractivity contribution is 5.93. The molecule has 5 rings (SSSR count). The summed E-state index contributed by atoms with van der Waals surface area (Å²) in [4.78, 5) is 30.4. The normalized spacial score (nSPS) is 19.8. The zero-order valence-corrected chi connectivity index (χ0v) is 25.3. The maximum Gasteiger partial charge on any atom is 0.408 e. The quantitative estimate of drug-likeness (QED) is 0.263. The summed E-state index contributed by atoms with van der Waals surface area (Å²) >= 11 is 0. The monoisotopic (exact) mass is 568 g/mol. The Balaban J connectivity index is 1.34. The van der Waals surface area contributed by atoms with E-state index in [0.717, 1.165) is 72.9 Å². The van der Waals surface area contributed by atoms with Crippen molar-refractivity contribution in [2.24, 2.45) is 5.92 Å². The van der Waals surface area contributed by atoms with Crippen molar-refractivity contribution < 1.29 is 14.3 Å². The molecule has 0 atom stereocenters. The Bertz CT molecular complexity index is 1370. The van der Waals surface area contributed by atoms with Gasteiger partial charge in [-0.1, -0.05) is 54.6 Å². The highest BCUT2D eigenvalue weighted by Crippen LogP contribution is 2.42. The third-order valence-electron chi connectivity index (χ3n) is 8.64. The van der Waals surface area contributed by atoms with Gasteiger partial charge in [-0.15, -0.1) is 0 Å². The predicted octanol–water partition coefficient (Wildman–Crippen LogP) is 7.43. The summed E-state index contributed by atoms with van der Waals surface area (Å²) in [6.45, 7) is 5.62. The minimum Gasteiger partial charge on any atom is -0.444 e. The van der Waals surface area contributed by atoms with E-state index in [1.54, 1.807) is 6.20 Å². The van der Waals surface area contributed by atoms with Crippen LogP contribution >= 0.6 is 0 Å². The molecular weight excluding hydrogens is 524 g/mol. The van der Waals surface area contributed by atoms with Crippen molar-refractivity contribution in [3.63, 3.8) is 0 Å². The van der Waals surface area contributed by atoms with E-state index < -0.39 is 11.1 Å². The number of carbonyl (C=O) groups is 2. The van der Waals surface area contributed by atoms with Crippen LogP contribution < -0.4 is 16.0 Å². The van der Waals surface area contributed by atoms with E-state index in [-0.39, 0.29) is 12.0 Å². The smallest absolute Gasteiger partial charge is 0.408 e. The fraction of sp³-hybridized carbons (Fsp3) is 0.457. The largest absolute Gasteiger partial charge is 0.444 e. The fourth-order valence-electron chi connectivity index (χ4n) is 6.19. The molecule has 0 spiro atoms. The molecule has 2 saturated carbocycles. The zero-order valence-electron chi connectivity index (χ0n) is 25.3. The topological polar surface area (TPSA) is 92.4 Å². The minimum absolute atomic E-state index is 0.0455. The van der Waals surface area contributed by atoms with Crippen LogP contribution in [-0.4, -0.2) is 35.7 Å². The van der Waals surface area contributed by atoms with Crippen molar-refractivity contribution in [3.05, 3.63) is 72.4 Å². The molecule has 2 fully saturated rings. The van der Waals surface area contributed by atoms with E-state index >= 15 is 0 Å². The average Bonchev–Trinajstić information content (AvgIpc) is 2.95. The number of amides is 2. The lowest BCUT2D eigenvalue weighted by Crippen LogP contribution is -2.52. The van der Waals surface area contributed by atoms with Gasteiger partial charge in [0.2, 0.25) is 5.91 Å². The number of pyridine rings is 1. The first kappa shape index (κ1) is 29.8. The van der Waals surface area contributed by atoms with Crippen LogP contribution in [0.4, 0.5) is 10.5 Å². The standard InChI is InChI=1S/C35H44N4O3/c1-34(2,3)42-33(41)39-35(19-8-20-35)27-15-13-26(14-16-27)32-30(25-9-6-5-7-10-25)22-29(23-37-32)38-31(40)21-24-11-17-28(36-4)18-12-24/h5-7,9-10,13-16,22-24,28,36H,8,11-12,17-21H2,1-4H3,(H,38,40)(H,39,41). The molecule has 0 radical (unpaired) electrons. The Kier molecular flexibility index (Phi) is 8.97. The summed E-state index contributed by atoms with van der Waals surface area (Å²) in [5, 5.41) is 9.61. The SMILES string of the molecule is CNC1CCC(CC(=O)Nc2cnc(-c3ccc(C4(NC(=O)OC(C)(C)C)CCC4)cc3)c(-c3ccccc3)c2)CC1. The molecule has 1 heterocycles. The average molecular weight is 569 g/mol. The van der Waals surface area contributed by atoms with Crippen molar-refractivity contribution in [3.8, 4) is 22.4 Å². The van der Waals surface area contributed by atoms with E-state index in [1.807, 2.05) is 52.1 Å². The number of nitrogens with zero attached hydrogens (tertiary/aromatic N) is 1. The Morgan fingerprint density at radius 3 is 2.24 bits per heavy atom. The van der Waals surface area contributed by atoms with Crippen molar-refractivity contribution in [2.45, 2.75) is 89.3 Å². The lowest BCUT2D eigenvalue weighted by atomic mass is 9.71. The van der Waals surface area contributed by atoms with E-state index in [1.165, 1.54) is 0 Å². The Labute approximate surface area is 249 Å². The Morgan fingerprint density at radius 2 is 1.64 bits per heavy atom. The minimum atomic E-state index is -0.546. The maximum atomic E-state index is 13.0. The summed E-state index contributed by atoms with van der Waals surface area (Å²) < 4.78 is 5.55. The number of anilines is 1. The van der Waals surface area contributed by atoms with Gasteiger partial charge >= 0.3 is 6.09 Å². The molecule has 2 aromatic carbocycles. The molecule has 7 heteroatoms. The van der Waals surface area contributed by atoms with Gasteiger partial charge in [0.15, 0.2) is 0 Å². The van der Waals surface area contributed by atoms with Crippen LogP contribution in [0.3, 0.4) is 0 Å². The first-order chi connectivity index (χ1) is 20.1. The van der Waals surface area contributed by atoms with E-state index in [0.29, 0.717) is 24.1 Å². The number of hydrogen-bond donors (Lipinski definition) is 3. The van der Waals surface area contributed by atoms with Gasteiger partial charge in [-0.3, -0.25) is 9.78 Å². The Morgan fingerprint density at radius 1 is 0.952 bits per heavy atom. The first-order valence-electron chi connectivity index (χ1n) is 15.3. The molecule has 0 unspecified atom stereocenters. The van der Waals surface area contributed by atoms with Gasteiger partial charge in [0.05, 0.1) is 23.1 Å². The highest BCUT2D eigenvalue weighted by Gasteiger charge is 2.41. The van der Waals surface area contributed by atoms with Gasteiger partial charge in [0.25, 0.3) is 0 Å². The van der Waals surface area contributed by atoms with Crippen molar-refractivity contribution in [2.75, 3.05) is 12.4 Å². The lowest BCUT2D eigenvalue weighted by molar-refractivity contribution is -0.117. The van der Waals surface area contributed by atoms with Crippen molar-refractivity contribution >= 4 is 17.7 Å². The van der Waals surface area contributed by atoms with E-state index in [4.69, 9.17) is 9.72 Å². The van der Waals surface area contributed by atoms with Crippen LogP contribution in [0.5, 0.6) is 0 Å². The van der Waals surface area contributed by atoms with Gasteiger partial charge < -0.3 is 20.7 Å². The molecular formula is C35H44N4O3. The van der Waals surface area contributed by atoms with Crippen molar-refractivity contribution in [1.82, 2.24) is 15.6 Å². The number of aromatic nitrogens is 1. The molecule has 3 N–H and O–H groups in total. The molecule has 2 amide bonds. The predicted molar refractivity (Wildman–Crippen MR) is 168 cm³/mol. The summed E-state index contributed by atoms with van der Waals surface area (Å²) in [6, 6.07) is 21.1. The van der Waals surface area contributed by atoms with E-state index in [2.05, 4.69) is 52.3 Å².